The zero-order valence-corrected chi connectivity index (χ0v) is 15.7. The van der Waals surface area contributed by atoms with Crippen LogP contribution in [0.4, 0.5) is 10.3 Å². The maximum absolute atomic E-state index is 14.3. The van der Waals surface area contributed by atoms with Gasteiger partial charge in [-0.3, -0.25) is 0 Å². The van der Waals surface area contributed by atoms with Crippen LogP contribution in [0.3, 0.4) is 0 Å². The molecule has 4 nitrogen and oxygen atoms in total. The van der Waals surface area contributed by atoms with Crippen molar-refractivity contribution in [2.24, 2.45) is 5.73 Å². The number of anilines is 1. The number of nitrogens with zero attached hydrogens (tertiary/aromatic N) is 2. The van der Waals surface area contributed by atoms with Gasteiger partial charge in [0.15, 0.2) is 5.82 Å². The third-order valence-corrected chi connectivity index (χ3v) is 5.66. The van der Waals surface area contributed by atoms with Gasteiger partial charge in [0.05, 0.1) is 11.1 Å². The van der Waals surface area contributed by atoms with Crippen LogP contribution in [0.2, 0.25) is 0 Å². The molecule has 0 saturated carbocycles. The Morgan fingerprint density at radius 1 is 1.11 bits per heavy atom. The number of benzene rings is 2. The zero-order valence-electron chi connectivity index (χ0n) is 14.9. The van der Waals surface area contributed by atoms with Crippen molar-refractivity contribution in [2.75, 3.05) is 18.9 Å². The van der Waals surface area contributed by atoms with E-state index < -0.39 is 5.82 Å². The summed E-state index contributed by atoms with van der Waals surface area (Å²) >= 11 is 1.54. The summed E-state index contributed by atoms with van der Waals surface area (Å²) in [6.07, 6.45) is 2.02. The first-order valence-corrected chi connectivity index (χ1v) is 9.54. The Kier molecular flexibility index (Phi) is 4.83. The number of hydrogen-bond donors (Lipinski definition) is 2. The van der Waals surface area contributed by atoms with Gasteiger partial charge in [0.1, 0.15) is 5.69 Å². The van der Waals surface area contributed by atoms with Gasteiger partial charge in [0.2, 0.25) is 5.95 Å². The topological polar surface area (TPSA) is 63.8 Å². The van der Waals surface area contributed by atoms with E-state index in [0.29, 0.717) is 18.2 Å². The van der Waals surface area contributed by atoms with Crippen molar-refractivity contribution in [2.45, 2.75) is 6.42 Å². The van der Waals surface area contributed by atoms with Gasteiger partial charge in [0.25, 0.3) is 0 Å². The molecule has 4 aromatic rings. The summed E-state index contributed by atoms with van der Waals surface area (Å²) in [6, 6.07) is 16.5. The minimum Gasteiger partial charge on any atom is -0.357 e. The van der Waals surface area contributed by atoms with Crippen LogP contribution in [0, 0.1) is 5.82 Å². The van der Waals surface area contributed by atoms with Gasteiger partial charge in [-0.2, -0.15) is 0 Å². The fraction of sp³-hybridized carbons (Fsp3) is 0.143. The van der Waals surface area contributed by atoms with E-state index in [2.05, 4.69) is 33.5 Å². The van der Waals surface area contributed by atoms with Crippen molar-refractivity contribution in [3.8, 4) is 21.7 Å². The molecule has 3 N–H and O–H groups in total. The van der Waals surface area contributed by atoms with E-state index in [4.69, 9.17) is 5.73 Å². The van der Waals surface area contributed by atoms with Crippen molar-refractivity contribution in [1.29, 1.82) is 0 Å². The Morgan fingerprint density at radius 3 is 2.74 bits per heavy atom. The van der Waals surface area contributed by atoms with E-state index in [-0.39, 0.29) is 0 Å². The van der Waals surface area contributed by atoms with E-state index in [1.54, 1.807) is 18.4 Å². The molecule has 2 aromatic carbocycles. The fourth-order valence-corrected chi connectivity index (χ4v) is 4.39. The van der Waals surface area contributed by atoms with Gasteiger partial charge < -0.3 is 11.1 Å². The summed E-state index contributed by atoms with van der Waals surface area (Å²) < 4.78 is 15.5. The molecule has 0 amide bonds. The van der Waals surface area contributed by atoms with Gasteiger partial charge in [-0.05, 0) is 41.1 Å². The van der Waals surface area contributed by atoms with Crippen molar-refractivity contribution >= 4 is 27.4 Å². The van der Waals surface area contributed by atoms with Gasteiger partial charge in [-0.15, -0.1) is 11.3 Å². The normalized spacial score (nSPS) is 11.1. The molecule has 27 heavy (non-hydrogen) atoms. The average molecular weight is 378 g/mol. The Balaban J connectivity index is 1.90. The molecule has 0 atom stereocenters. The van der Waals surface area contributed by atoms with Crippen LogP contribution in [0.25, 0.3) is 31.8 Å². The van der Waals surface area contributed by atoms with E-state index in [1.165, 1.54) is 17.3 Å². The molecule has 0 fully saturated rings. The molecule has 0 saturated heterocycles. The van der Waals surface area contributed by atoms with Gasteiger partial charge >= 0.3 is 0 Å². The molecule has 4 rings (SSSR count). The second-order valence-corrected chi connectivity index (χ2v) is 7.22. The highest BCUT2D eigenvalue weighted by atomic mass is 32.1. The minimum atomic E-state index is -0.425. The number of halogens is 1. The van der Waals surface area contributed by atoms with Gasteiger partial charge in [-0.25, -0.2) is 14.4 Å². The predicted octanol–water partition coefficient (Wildman–Crippen LogP) is 4.71. The van der Waals surface area contributed by atoms with Gasteiger partial charge in [-0.1, -0.05) is 42.5 Å². The maximum Gasteiger partial charge on any atom is 0.223 e. The van der Waals surface area contributed by atoms with Crippen LogP contribution in [0.5, 0.6) is 0 Å². The lowest BCUT2D eigenvalue weighted by Crippen LogP contribution is -2.03. The largest absolute Gasteiger partial charge is 0.357 e. The number of thiophene rings is 1. The van der Waals surface area contributed by atoms with Crippen LogP contribution in [-0.2, 0) is 6.42 Å². The highest BCUT2D eigenvalue weighted by molar-refractivity contribution is 7.22. The number of nitrogens with two attached hydrogens (primary N) is 1. The minimum absolute atomic E-state index is 0.316. The summed E-state index contributed by atoms with van der Waals surface area (Å²) in [6.45, 7) is 0.599. The molecule has 2 aromatic heterocycles. The average Bonchev–Trinajstić information content (AvgIpc) is 3.13. The summed E-state index contributed by atoms with van der Waals surface area (Å²) in [5.74, 6) is -0.0250. The zero-order chi connectivity index (χ0) is 18.8. The SMILES string of the molecule is CNc1ncc(F)c(-c2cc3cccc(-c4ccccc4CCN)c3s2)n1. The molecule has 0 radical (unpaired) electrons. The number of rotatable bonds is 5. The molecular formula is C21H19FN4S. The highest BCUT2D eigenvalue weighted by Gasteiger charge is 2.15. The lowest BCUT2D eigenvalue weighted by Gasteiger charge is -2.09. The quantitative estimate of drug-likeness (QED) is 0.528. The molecular weight excluding hydrogens is 359 g/mol. The Labute approximate surface area is 160 Å². The van der Waals surface area contributed by atoms with Crippen LogP contribution in [-0.4, -0.2) is 23.6 Å². The Bertz CT molecular complexity index is 1110. The molecule has 0 aliphatic carbocycles. The van der Waals surface area contributed by atoms with Crippen LogP contribution in [0.1, 0.15) is 5.56 Å². The molecule has 0 unspecified atom stereocenters. The van der Waals surface area contributed by atoms with Crippen LogP contribution >= 0.6 is 11.3 Å². The Morgan fingerprint density at radius 2 is 1.93 bits per heavy atom. The maximum atomic E-state index is 14.3. The van der Waals surface area contributed by atoms with Crippen LogP contribution in [0.15, 0.2) is 54.7 Å². The third kappa shape index (κ3) is 3.29. The first-order chi connectivity index (χ1) is 13.2. The van der Waals surface area contributed by atoms with Gasteiger partial charge in [0, 0.05) is 11.7 Å². The first kappa shape index (κ1) is 17.6. The van der Waals surface area contributed by atoms with E-state index in [1.807, 2.05) is 30.3 Å². The number of fused-ring (bicyclic) bond motifs is 1. The third-order valence-electron chi connectivity index (χ3n) is 4.47. The number of hydrogen-bond acceptors (Lipinski definition) is 5. The first-order valence-electron chi connectivity index (χ1n) is 8.73. The monoisotopic (exact) mass is 378 g/mol. The summed E-state index contributed by atoms with van der Waals surface area (Å²) in [7, 11) is 1.72. The summed E-state index contributed by atoms with van der Waals surface area (Å²) in [5.41, 5.74) is 9.62. The van der Waals surface area contributed by atoms with Crippen molar-refractivity contribution in [1.82, 2.24) is 9.97 Å². The molecule has 136 valence electrons. The molecule has 0 bridgehead atoms. The second kappa shape index (κ2) is 7.42. The summed E-state index contributed by atoms with van der Waals surface area (Å²) in [5, 5.41) is 3.93. The highest BCUT2D eigenvalue weighted by Crippen LogP contribution is 2.40. The lowest BCUT2D eigenvalue weighted by molar-refractivity contribution is 0.619. The molecule has 0 aliphatic heterocycles. The van der Waals surface area contributed by atoms with Crippen molar-refractivity contribution < 1.29 is 4.39 Å². The van der Waals surface area contributed by atoms with Crippen molar-refractivity contribution in [3.05, 3.63) is 66.1 Å². The molecule has 0 aliphatic rings. The lowest BCUT2D eigenvalue weighted by atomic mass is 9.97. The summed E-state index contributed by atoms with van der Waals surface area (Å²) in [4.78, 5) is 9.01. The van der Waals surface area contributed by atoms with Crippen molar-refractivity contribution in [3.63, 3.8) is 0 Å². The number of nitrogens with one attached hydrogen (secondary N) is 1. The van der Waals surface area contributed by atoms with E-state index in [9.17, 15) is 4.39 Å². The van der Waals surface area contributed by atoms with E-state index in [0.717, 1.165) is 26.9 Å². The van der Waals surface area contributed by atoms with Crippen LogP contribution < -0.4 is 11.1 Å². The standard InChI is InChI=1S/C21H19FN4S/c1-24-21-25-12-17(22)19(26-21)18-11-14-6-4-8-16(20(14)27-18)15-7-3-2-5-13(15)9-10-23/h2-8,11-12H,9-10,23H2,1H3,(H,24,25,26). The van der Waals surface area contributed by atoms with E-state index >= 15 is 0 Å². The molecule has 6 heteroatoms. The smallest absolute Gasteiger partial charge is 0.223 e. The predicted molar refractivity (Wildman–Crippen MR) is 111 cm³/mol. The molecule has 0 spiro atoms. The fourth-order valence-electron chi connectivity index (χ4n) is 3.21. The second-order valence-electron chi connectivity index (χ2n) is 6.17. The molecule has 2 heterocycles. The number of aromatic nitrogens is 2. The Hall–Kier alpha value is -2.83.